The Morgan fingerprint density at radius 1 is 0.654 bits per heavy atom. The average molecular weight is 362 g/mol. The lowest BCUT2D eigenvalue weighted by atomic mass is 10.0. The van der Waals surface area contributed by atoms with Crippen LogP contribution in [0.5, 0.6) is 5.75 Å². The fourth-order valence-electron chi connectivity index (χ4n) is 3.64. The lowest BCUT2D eigenvalue weighted by molar-refractivity contribution is 0.477. The van der Waals surface area contributed by atoms with Crippen LogP contribution in [0.4, 0.5) is 5.69 Å². The van der Waals surface area contributed by atoms with Gasteiger partial charge in [-0.3, -0.25) is 0 Å². The lowest BCUT2D eigenvalue weighted by Gasteiger charge is -2.05. The second-order valence-electron chi connectivity index (χ2n) is 7.95. The number of aryl methyl sites for hydroxylation is 1. The maximum atomic E-state index is 9.43. The number of rotatable bonds is 17. The number of phenols is 1. The highest BCUT2D eigenvalue weighted by Gasteiger charge is 1.99. The minimum Gasteiger partial charge on any atom is -0.506 e. The van der Waals surface area contributed by atoms with Crippen molar-refractivity contribution in [3.8, 4) is 5.75 Å². The molecule has 0 radical (unpaired) electrons. The van der Waals surface area contributed by atoms with Gasteiger partial charge in [0.05, 0.1) is 5.69 Å². The summed E-state index contributed by atoms with van der Waals surface area (Å²) in [6.45, 7) is 2.29. The molecular formula is C24H43NO. The Morgan fingerprint density at radius 3 is 1.50 bits per heavy atom. The second kappa shape index (κ2) is 16.0. The number of unbranched alkanes of at least 4 members (excludes halogenated alkanes) is 15. The van der Waals surface area contributed by atoms with Crippen molar-refractivity contribution < 1.29 is 5.11 Å². The molecule has 2 heteroatoms. The third-order valence-electron chi connectivity index (χ3n) is 5.41. The summed E-state index contributed by atoms with van der Waals surface area (Å²) in [6.07, 6.45) is 23.5. The van der Waals surface area contributed by atoms with E-state index in [1.54, 1.807) is 6.07 Å². The largest absolute Gasteiger partial charge is 0.506 e. The van der Waals surface area contributed by atoms with E-state index in [0.717, 1.165) is 6.42 Å². The highest BCUT2D eigenvalue weighted by atomic mass is 16.3. The fourth-order valence-corrected chi connectivity index (χ4v) is 3.64. The molecule has 1 aromatic rings. The number of hydrogen-bond donors (Lipinski definition) is 2. The Hall–Kier alpha value is -1.18. The van der Waals surface area contributed by atoms with Crippen molar-refractivity contribution in [3.63, 3.8) is 0 Å². The van der Waals surface area contributed by atoms with E-state index in [0.29, 0.717) is 5.69 Å². The van der Waals surface area contributed by atoms with Gasteiger partial charge in [-0.05, 0) is 30.5 Å². The van der Waals surface area contributed by atoms with Crippen LogP contribution < -0.4 is 5.73 Å². The number of aromatic hydroxyl groups is 1. The monoisotopic (exact) mass is 361 g/mol. The highest BCUT2D eigenvalue weighted by Crippen LogP contribution is 2.21. The first-order valence-electron chi connectivity index (χ1n) is 11.3. The van der Waals surface area contributed by atoms with Crippen molar-refractivity contribution in [2.24, 2.45) is 0 Å². The molecule has 0 aromatic heterocycles. The van der Waals surface area contributed by atoms with E-state index in [4.69, 9.17) is 5.73 Å². The van der Waals surface area contributed by atoms with Crippen LogP contribution in [0.1, 0.15) is 115 Å². The molecule has 0 saturated heterocycles. The van der Waals surface area contributed by atoms with Crippen molar-refractivity contribution >= 4 is 5.69 Å². The van der Waals surface area contributed by atoms with E-state index in [2.05, 4.69) is 6.92 Å². The van der Waals surface area contributed by atoms with E-state index < -0.39 is 0 Å². The normalized spacial score (nSPS) is 11.1. The van der Waals surface area contributed by atoms with E-state index in [-0.39, 0.29) is 5.75 Å². The van der Waals surface area contributed by atoms with Gasteiger partial charge in [0.15, 0.2) is 0 Å². The maximum absolute atomic E-state index is 9.43. The van der Waals surface area contributed by atoms with Gasteiger partial charge in [-0.15, -0.1) is 0 Å². The van der Waals surface area contributed by atoms with Crippen molar-refractivity contribution in [2.45, 2.75) is 116 Å². The zero-order valence-electron chi connectivity index (χ0n) is 17.3. The van der Waals surface area contributed by atoms with Gasteiger partial charge >= 0.3 is 0 Å². The molecule has 0 aliphatic rings. The molecule has 0 atom stereocenters. The standard InChI is InChI=1S/C24H43NO/c1-2-3-4-5-6-7-8-9-10-11-12-13-14-15-16-17-18-22-19-20-24(26)23(25)21-22/h19-21,26H,2-18,25H2,1H3. The summed E-state index contributed by atoms with van der Waals surface area (Å²) in [5.41, 5.74) is 7.47. The first kappa shape index (κ1) is 22.9. The molecule has 0 fully saturated rings. The molecule has 0 aliphatic heterocycles. The van der Waals surface area contributed by atoms with Crippen molar-refractivity contribution in [2.75, 3.05) is 5.73 Å². The van der Waals surface area contributed by atoms with Crippen LogP contribution in [0.3, 0.4) is 0 Å². The lowest BCUT2D eigenvalue weighted by Crippen LogP contribution is -1.90. The smallest absolute Gasteiger partial charge is 0.138 e. The summed E-state index contributed by atoms with van der Waals surface area (Å²) in [6, 6.07) is 5.59. The van der Waals surface area contributed by atoms with Crippen LogP contribution in [0.25, 0.3) is 0 Å². The van der Waals surface area contributed by atoms with Gasteiger partial charge in [0, 0.05) is 0 Å². The molecule has 0 saturated carbocycles. The van der Waals surface area contributed by atoms with Crippen molar-refractivity contribution in [3.05, 3.63) is 23.8 Å². The van der Waals surface area contributed by atoms with Crippen LogP contribution in [0.2, 0.25) is 0 Å². The van der Waals surface area contributed by atoms with E-state index in [1.165, 1.54) is 108 Å². The molecule has 1 aromatic carbocycles. The molecule has 26 heavy (non-hydrogen) atoms. The second-order valence-corrected chi connectivity index (χ2v) is 7.95. The first-order chi connectivity index (χ1) is 12.7. The van der Waals surface area contributed by atoms with Gasteiger partial charge in [-0.2, -0.15) is 0 Å². The van der Waals surface area contributed by atoms with E-state index in [1.807, 2.05) is 12.1 Å². The van der Waals surface area contributed by atoms with E-state index >= 15 is 0 Å². The Morgan fingerprint density at radius 2 is 1.08 bits per heavy atom. The van der Waals surface area contributed by atoms with Crippen molar-refractivity contribution in [1.29, 1.82) is 0 Å². The van der Waals surface area contributed by atoms with Crippen molar-refractivity contribution in [1.82, 2.24) is 0 Å². The molecule has 0 bridgehead atoms. The van der Waals surface area contributed by atoms with Crippen LogP contribution in [0.15, 0.2) is 18.2 Å². The molecule has 1 rings (SSSR count). The Labute approximate surface area is 162 Å². The van der Waals surface area contributed by atoms with Gasteiger partial charge in [0.2, 0.25) is 0 Å². The number of nitrogen functional groups attached to an aromatic ring is 1. The van der Waals surface area contributed by atoms with Gasteiger partial charge < -0.3 is 10.8 Å². The Kier molecular flexibility index (Phi) is 14.1. The quantitative estimate of drug-likeness (QED) is 0.169. The Balaban J connectivity index is 1.79. The first-order valence-corrected chi connectivity index (χ1v) is 11.3. The summed E-state index contributed by atoms with van der Waals surface area (Å²) in [5, 5.41) is 9.43. The van der Waals surface area contributed by atoms with Gasteiger partial charge in [-0.1, -0.05) is 109 Å². The summed E-state index contributed by atoms with van der Waals surface area (Å²) >= 11 is 0. The number of phenolic OH excluding ortho intramolecular Hbond substituents is 1. The number of benzene rings is 1. The molecule has 2 nitrogen and oxygen atoms in total. The highest BCUT2D eigenvalue weighted by molar-refractivity contribution is 5.53. The third-order valence-corrected chi connectivity index (χ3v) is 5.41. The molecule has 150 valence electrons. The van der Waals surface area contributed by atoms with Gasteiger partial charge in [0.1, 0.15) is 5.75 Å². The van der Waals surface area contributed by atoms with Gasteiger partial charge in [-0.25, -0.2) is 0 Å². The number of hydrogen-bond acceptors (Lipinski definition) is 2. The number of nitrogens with two attached hydrogens (primary N) is 1. The minimum absolute atomic E-state index is 0.195. The minimum atomic E-state index is 0.195. The maximum Gasteiger partial charge on any atom is 0.138 e. The van der Waals surface area contributed by atoms with Crippen LogP contribution in [-0.2, 0) is 6.42 Å². The van der Waals surface area contributed by atoms with Crippen LogP contribution in [-0.4, -0.2) is 5.11 Å². The molecule has 3 N–H and O–H groups in total. The molecule has 0 heterocycles. The molecule has 0 amide bonds. The average Bonchev–Trinajstić information content (AvgIpc) is 2.64. The van der Waals surface area contributed by atoms with Gasteiger partial charge in [0.25, 0.3) is 0 Å². The summed E-state index contributed by atoms with van der Waals surface area (Å²) in [5.74, 6) is 0.195. The predicted octanol–water partition coefficient (Wildman–Crippen LogP) is 7.78. The summed E-state index contributed by atoms with van der Waals surface area (Å²) in [4.78, 5) is 0. The predicted molar refractivity (Wildman–Crippen MR) is 116 cm³/mol. The number of anilines is 1. The topological polar surface area (TPSA) is 46.2 Å². The third kappa shape index (κ3) is 12.2. The SMILES string of the molecule is CCCCCCCCCCCCCCCCCCc1ccc(O)c(N)c1. The summed E-state index contributed by atoms with van der Waals surface area (Å²) < 4.78 is 0. The van der Waals surface area contributed by atoms with E-state index in [9.17, 15) is 5.11 Å². The molecule has 0 spiro atoms. The zero-order valence-corrected chi connectivity index (χ0v) is 17.3. The molecule has 0 aliphatic carbocycles. The molecular weight excluding hydrogens is 318 g/mol. The molecule has 0 unspecified atom stereocenters. The summed E-state index contributed by atoms with van der Waals surface area (Å²) in [7, 11) is 0. The fraction of sp³-hybridized carbons (Fsp3) is 0.750. The van der Waals surface area contributed by atoms with Crippen LogP contribution >= 0.6 is 0 Å². The Bertz CT molecular complexity index is 444. The van der Waals surface area contributed by atoms with Crippen LogP contribution in [0, 0.1) is 0 Å². The zero-order chi connectivity index (χ0) is 18.9.